The Morgan fingerprint density at radius 1 is 1.59 bits per heavy atom. The van der Waals surface area contributed by atoms with E-state index >= 15 is 0 Å². The van der Waals surface area contributed by atoms with Gasteiger partial charge in [-0.25, -0.2) is 4.79 Å². The largest absolute Gasteiger partial charge is 0.508 e. The second-order valence-electron chi connectivity index (χ2n) is 3.54. The van der Waals surface area contributed by atoms with Crippen LogP contribution in [-0.4, -0.2) is 29.3 Å². The van der Waals surface area contributed by atoms with Crippen molar-refractivity contribution in [3.63, 3.8) is 0 Å². The van der Waals surface area contributed by atoms with Crippen LogP contribution in [0.3, 0.4) is 0 Å². The highest BCUT2D eigenvalue weighted by Gasteiger charge is 2.19. The second-order valence-corrected chi connectivity index (χ2v) is 3.85. The van der Waals surface area contributed by atoms with Gasteiger partial charge in [-0.15, -0.1) is 11.6 Å². The average Bonchev–Trinajstić information content (AvgIpc) is 2.28. The Balaban J connectivity index is 3.17. The Kier molecular flexibility index (Phi) is 4.45. The molecule has 1 aromatic carbocycles. The number of nitrogens with one attached hydrogen (secondary N) is 1. The predicted molar refractivity (Wildman–Crippen MR) is 64.0 cm³/mol. The molecule has 6 heteroatoms. The lowest BCUT2D eigenvalue weighted by Crippen LogP contribution is -2.28. The molecular weight excluding hydrogens is 246 g/mol. The molecule has 1 atom stereocenters. The Hall–Kier alpha value is -1.62. The van der Waals surface area contributed by atoms with E-state index < -0.39 is 12.1 Å². The number of rotatable bonds is 4. The molecule has 0 radical (unpaired) electrons. The fraction of sp³-hybridized carbons (Fsp3) is 0.364. The molecule has 0 aliphatic carbocycles. The molecule has 5 nitrogen and oxygen atoms in total. The molecule has 0 fully saturated rings. The monoisotopic (exact) mass is 259 g/mol. The first-order chi connectivity index (χ1) is 7.99. The van der Waals surface area contributed by atoms with E-state index in [0.717, 1.165) is 0 Å². The standard InChI is InChI=1S/C11H14ClNO4/c1-6-3-10(17-2)7(4-9(6)14)8(5-12)13-11(15)16/h3-4,8,13-14H,5H2,1-2H3,(H,15,16). The zero-order valence-electron chi connectivity index (χ0n) is 9.53. The lowest BCUT2D eigenvalue weighted by molar-refractivity contribution is 0.190. The number of halogens is 1. The minimum Gasteiger partial charge on any atom is -0.508 e. The van der Waals surface area contributed by atoms with Crippen LogP contribution in [0.5, 0.6) is 11.5 Å². The molecule has 0 spiro atoms. The zero-order valence-corrected chi connectivity index (χ0v) is 10.3. The third kappa shape index (κ3) is 3.17. The minimum absolute atomic E-state index is 0.0468. The second kappa shape index (κ2) is 5.63. The normalized spacial score (nSPS) is 11.9. The van der Waals surface area contributed by atoms with Gasteiger partial charge in [-0.3, -0.25) is 0 Å². The number of benzene rings is 1. The Bertz CT molecular complexity index is 422. The molecule has 0 aromatic heterocycles. The van der Waals surface area contributed by atoms with E-state index in [9.17, 15) is 9.90 Å². The number of methoxy groups -OCH3 is 1. The molecule has 1 unspecified atom stereocenters. The molecule has 0 aliphatic heterocycles. The van der Waals surface area contributed by atoms with E-state index in [0.29, 0.717) is 16.9 Å². The van der Waals surface area contributed by atoms with Gasteiger partial charge in [0.05, 0.1) is 13.2 Å². The van der Waals surface area contributed by atoms with Crippen molar-refractivity contribution >= 4 is 17.7 Å². The topological polar surface area (TPSA) is 78.8 Å². The summed E-state index contributed by atoms with van der Waals surface area (Å²) in [6, 6.07) is 2.46. The van der Waals surface area contributed by atoms with Crippen molar-refractivity contribution in [2.75, 3.05) is 13.0 Å². The number of amides is 1. The number of aryl methyl sites for hydroxylation is 1. The van der Waals surface area contributed by atoms with Gasteiger partial charge in [-0.05, 0) is 24.6 Å². The molecule has 1 rings (SSSR count). The maximum atomic E-state index is 10.6. The van der Waals surface area contributed by atoms with Crippen molar-refractivity contribution < 1.29 is 19.7 Å². The van der Waals surface area contributed by atoms with Crippen LogP contribution < -0.4 is 10.1 Å². The maximum Gasteiger partial charge on any atom is 0.405 e. The first-order valence-electron chi connectivity index (χ1n) is 4.92. The first-order valence-corrected chi connectivity index (χ1v) is 5.46. The highest BCUT2D eigenvalue weighted by atomic mass is 35.5. The van der Waals surface area contributed by atoms with Gasteiger partial charge in [0, 0.05) is 11.4 Å². The number of hydrogen-bond acceptors (Lipinski definition) is 3. The summed E-state index contributed by atoms with van der Waals surface area (Å²) in [6.45, 7) is 1.72. The van der Waals surface area contributed by atoms with E-state index in [2.05, 4.69) is 5.32 Å². The van der Waals surface area contributed by atoms with Crippen LogP contribution >= 0.6 is 11.6 Å². The molecule has 0 saturated heterocycles. The smallest absolute Gasteiger partial charge is 0.405 e. The lowest BCUT2D eigenvalue weighted by atomic mass is 10.0. The van der Waals surface area contributed by atoms with Gasteiger partial charge in [0.1, 0.15) is 11.5 Å². The molecule has 0 heterocycles. The summed E-state index contributed by atoms with van der Waals surface area (Å²) in [4.78, 5) is 10.6. The predicted octanol–water partition coefficient (Wildman–Crippen LogP) is 2.26. The van der Waals surface area contributed by atoms with Crippen molar-refractivity contribution in [1.29, 1.82) is 0 Å². The summed E-state index contributed by atoms with van der Waals surface area (Å²) in [5.41, 5.74) is 1.15. The number of carbonyl (C=O) groups is 1. The van der Waals surface area contributed by atoms with Crippen LogP contribution in [0.2, 0.25) is 0 Å². The van der Waals surface area contributed by atoms with E-state index in [-0.39, 0.29) is 11.6 Å². The molecule has 0 bridgehead atoms. The summed E-state index contributed by atoms with van der Waals surface area (Å²) >= 11 is 5.70. The zero-order chi connectivity index (χ0) is 13.0. The van der Waals surface area contributed by atoms with Crippen LogP contribution in [0.4, 0.5) is 4.79 Å². The molecule has 1 aromatic rings. The van der Waals surface area contributed by atoms with Gasteiger partial charge in [0.15, 0.2) is 0 Å². The van der Waals surface area contributed by atoms with E-state index in [4.69, 9.17) is 21.4 Å². The van der Waals surface area contributed by atoms with Crippen LogP contribution in [-0.2, 0) is 0 Å². The number of hydrogen-bond donors (Lipinski definition) is 3. The minimum atomic E-state index is -1.18. The summed E-state index contributed by atoms with van der Waals surface area (Å²) in [6.07, 6.45) is -1.18. The summed E-state index contributed by atoms with van der Waals surface area (Å²) < 4.78 is 5.14. The third-order valence-corrected chi connectivity index (χ3v) is 2.68. The van der Waals surface area contributed by atoms with Crippen LogP contribution in [0.25, 0.3) is 0 Å². The SMILES string of the molecule is COc1cc(C)c(O)cc1C(CCl)NC(=O)O. The Labute approximate surface area is 104 Å². The number of carboxylic acid groups (broad SMARTS) is 1. The van der Waals surface area contributed by atoms with Gasteiger partial charge in [-0.2, -0.15) is 0 Å². The van der Waals surface area contributed by atoms with Crippen LogP contribution in [0, 0.1) is 6.92 Å². The van der Waals surface area contributed by atoms with Crippen molar-refractivity contribution in [2.24, 2.45) is 0 Å². The van der Waals surface area contributed by atoms with Crippen molar-refractivity contribution in [2.45, 2.75) is 13.0 Å². The van der Waals surface area contributed by atoms with Crippen molar-refractivity contribution in [1.82, 2.24) is 5.32 Å². The molecule has 94 valence electrons. The number of aromatic hydroxyl groups is 1. The molecular formula is C11H14ClNO4. The summed E-state index contributed by atoms with van der Waals surface area (Å²) in [5.74, 6) is 0.605. The molecule has 3 N–H and O–H groups in total. The number of ether oxygens (including phenoxy) is 1. The van der Waals surface area contributed by atoms with Gasteiger partial charge in [-0.1, -0.05) is 0 Å². The molecule has 0 saturated carbocycles. The molecule has 17 heavy (non-hydrogen) atoms. The highest BCUT2D eigenvalue weighted by Crippen LogP contribution is 2.32. The molecule has 1 amide bonds. The third-order valence-electron chi connectivity index (χ3n) is 2.38. The van der Waals surface area contributed by atoms with E-state index in [1.54, 1.807) is 13.0 Å². The average molecular weight is 260 g/mol. The van der Waals surface area contributed by atoms with Gasteiger partial charge in [0.2, 0.25) is 0 Å². The Morgan fingerprint density at radius 2 is 2.24 bits per heavy atom. The van der Waals surface area contributed by atoms with E-state index in [1.807, 2.05) is 0 Å². The highest BCUT2D eigenvalue weighted by molar-refractivity contribution is 6.18. The number of phenols is 1. The fourth-order valence-electron chi connectivity index (χ4n) is 1.48. The van der Waals surface area contributed by atoms with Gasteiger partial charge in [0.25, 0.3) is 0 Å². The van der Waals surface area contributed by atoms with Gasteiger partial charge >= 0.3 is 6.09 Å². The van der Waals surface area contributed by atoms with Crippen molar-refractivity contribution in [3.8, 4) is 11.5 Å². The van der Waals surface area contributed by atoms with Crippen molar-refractivity contribution in [3.05, 3.63) is 23.3 Å². The molecule has 0 aliphatic rings. The maximum absolute atomic E-state index is 10.6. The van der Waals surface area contributed by atoms with Crippen LogP contribution in [0.15, 0.2) is 12.1 Å². The summed E-state index contributed by atoms with van der Waals surface area (Å²) in [5, 5.41) is 20.6. The van der Waals surface area contributed by atoms with Gasteiger partial charge < -0.3 is 20.3 Å². The van der Waals surface area contributed by atoms with Crippen LogP contribution in [0.1, 0.15) is 17.2 Å². The fourth-order valence-corrected chi connectivity index (χ4v) is 1.73. The first kappa shape index (κ1) is 13.4. The summed E-state index contributed by atoms with van der Waals surface area (Å²) in [7, 11) is 1.47. The lowest BCUT2D eigenvalue weighted by Gasteiger charge is -2.18. The quantitative estimate of drug-likeness (QED) is 0.725. The Morgan fingerprint density at radius 3 is 2.71 bits per heavy atom. The number of alkyl halides is 1. The van der Waals surface area contributed by atoms with E-state index in [1.165, 1.54) is 13.2 Å². The number of phenolic OH excluding ortho intramolecular Hbond substituents is 1.